The van der Waals surface area contributed by atoms with Gasteiger partial charge in [0.05, 0.1) is 0 Å². The molecule has 0 saturated heterocycles. The third-order valence-electron chi connectivity index (χ3n) is 1.61. The fourth-order valence-corrected chi connectivity index (χ4v) is 0.576. The van der Waals surface area contributed by atoms with Crippen LogP contribution in [0.1, 0.15) is 47.5 Å². The molecule has 0 heterocycles. The third-order valence-corrected chi connectivity index (χ3v) is 1.61. The van der Waals surface area contributed by atoms with Crippen LogP contribution in [0.2, 0.25) is 0 Å². The summed E-state index contributed by atoms with van der Waals surface area (Å²) >= 11 is 0. The maximum atomic E-state index is 3.82. The highest BCUT2D eigenvalue weighted by Crippen LogP contribution is 2.34. The van der Waals surface area contributed by atoms with Gasteiger partial charge in [-0.25, -0.2) is 0 Å². The molecule has 12 heavy (non-hydrogen) atoms. The van der Waals surface area contributed by atoms with E-state index < -0.39 is 0 Å². The smallest absolute Gasteiger partial charge is 0.0208 e. The normalized spacial score (nSPS) is 14.1. The van der Waals surface area contributed by atoms with E-state index in [1.165, 1.54) is 18.4 Å². The Morgan fingerprint density at radius 1 is 1.17 bits per heavy atom. The molecule has 0 unspecified atom stereocenters. The van der Waals surface area contributed by atoms with Crippen LogP contribution in [0.3, 0.4) is 0 Å². The Morgan fingerprint density at radius 3 is 1.50 bits per heavy atom. The van der Waals surface area contributed by atoms with E-state index in [0.717, 1.165) is 5.92 Å². The highest BCUT2D eigenvalue weighted by atomic mass is 14.3. The molecule has 0 radical (unpaired) electrons. The Kier molecular flexibility index (Phi) is 12.3. The Bertz CT molecular complexity index is 112. The van der Waals surface area contributed by atoms with Crippen LogP contribution in [-0.2, 0) is 0 Å². The maximum Gasteiger partial charge on any atom is -0.0208 e. The highest BCUT2D eigenvalue weighted by Gasteiger charge is 2.20. The summed E-state index contributed by atoms with van der Waals surface area (Å²) in [7, 11) is 0. The van der Waals surface area contributed by atoms with E-state index in [1.807, 2.05) is 39.8 Å². The van der Waals surface area contributed by atoms with Gasteiger partial charge in [0.25, 0.3) is 0 Å². The lowest BCUT2D eigenvalue weighted by Crippen LogP contribution is -1.68. The van der Waals surface area contributed by atoms with Crippen LogP contribution in [0.25, 0.3) is 0 Å². The first-order valence-electron chi connectivity index (χ1n) is 4.95. The van der Waals surface area contributed by atoms with Gasteiger partial charge >= 0.3 is 0 Å². The summed E-state index contributed by atoms with van der Waals surface area (Å²) in [5.74, 6) is 0.907. The van der Waals surface area contributed by atoms with Crippen molar-refractivity contribution in [2.75, 3.05) is 0 Å². The number of rotatable bonds is 1. The van der Waals surface area contributed by atoms with Crippen molar-refractivity contribution in [2.24, 2.45) is 5.92 Å². The quantitative estimate of drug-likeness (QED) is 0.503. The minimum absolute atomic E-state index is 0.907. The van der Waals surface area contributed by atoms with Gasteiger partial charge in [-0.2, -0.15) is 0 Å². The molecule has 1 fully saturated rings. The van der Waals surface area contributed by atoms with Crippen LogP contribution in [0.5, 0.6) is 0 Å². The second kappa shape index (κ2) is 10.5. The zero-order valence-corrected chi connectivity index (χ0v) is 9.35. The minimum atomic E-state index is 0.907. The van der Waals surface area contributed by atoms with Crippen molar-refractivity contribution in [2.45, 2.75) is 47.5 Å². The number of hydrogen-bond acceptors (Lipinski definition) is 0. The van der Waals surface area contributed by atoms with Crippen molar-refractivity contribution in [1.82, 2.24) is 0 Å². The molecule has 0 aromatic heterocycles. The Balaban J connectivity index is 0. The minimum Gasteiger partial charge on any atom is -0.0999 e. The van der Waals surface area contributed by atoms with Crippen LogP contribution >= 0.6 is 0 Å². The van der Waals surface area contributed by atoms with Gasteiger partial charge in [-0.1, -0.05) is 38.2 Å². The van der Waals surface area contributed by atoms with Gasteiger partial charge in [0.1, 0.15) is 0 Å². The van der Waals surface area contributed by atoms with Gasteiger partial charge in [-0.05, 0) is 39.5 Å². The lowest BCUT2D eigenvalue weighted by molar-refractivity contribution is 1.02. The van der Waals surface area contributed by atoms with E-state index in [9.17, 15) is 0 Å². The van der Waals surface area contributed by atoms with Crippen molar-refractivity contribution >= 4 is 0 Å². The first-order valence-corrected chi connectivity index (χ1v) is 4.95. The Labute approximate surface area is 78.4 Å². The molecule has 72 valence electrons. The van der Waals surface area contributed by atoms with Crippen molar-refractivity contribution in [3.8, 4) is 0 Å². The summed E-state index contributed by atoms with van der Waals surface area (Å²) in [4.78, 5) is 0. The lowest BCUT2D eigenvalue weighted by atomic mass is 10.2. The first-order chi connectivity index (χ1) is 5.72. The van der Waals surface area contributed by atoms with Gasteiger partial charge in [0, 0.05) is 0 Å². The molecule has 0 amide bonds. The van der Waals surface area contributed by atoms with Crippen molar-refractivity contribution in [3.05, 3.63) is 24.3 Å². The molecule has 1 rings (SSSR count). The summed E-state index contributed by atoms with van der Waals surface area (Å²) in [6.45, 7) is 13.9. The third kappa shape index (κ3) is 12.2. The van der Waals surface area contributed by atoms with Crippen LogP contribution < -0.4 is 0 Å². The van der Waals surface area contributed by atoms with Gasteiger partial charge in [-0.15, -0.1) is 0 Å². The van der Waals surface area contributed by atoms with E-state index in [0.29, 0.717) is 0 Å². The predicted molar refractivity (Wildman–Crippen MR) is 59.4 cm³/mol. The molecule has 0 atom stereocenters. The molecule has 0 bridgehead atoms. The Hall–Kier alpha value is -0.520. The fourth-order valence-electron chi connectivity index (χ4n) is 0.576. The molecule has 0 heteroatoms. The zero-order chi connectivity index (χ0) is 9.98. The van der Waals surface area contributed by atoms with E-state index >= 15 is 0 Å². The highest BCUT2D eigenvalue weighted by molar-refractivity contribution is 5.03. The molecule has 0 aromatic rings. The van der Waals surface area contributed by atoms with E-state index in [-0.39, 0.29) is 0 Å². The standard InChI is InChI=1S/C6H10.C4H8.C2H6/c1-5(2)6-3-4-6;1-3-4-2;1-2/h6H,1,3-4H2,2H3;3-4H,1-2H3;1-2H3. The predicted octanol–water partition coefficient (Wildman–Crippen LogP) is 4.58. The molecule has 0 nitrogen and oxygen atoms in total. The van der Waals surface area contributed by atoms with Gasteiger partial charge in [-0.3, -0.25) is 0 Å². The average molecular weight is 168 g/mol. The van der Waals surface area contributed by atoms with Gasteiger partial charge < -0.3 is 0 Å². The lowest BCUT2D eigenvalue weighted by Gasteiger charge is -1.83. The number of hydrogen-bond donors (Lipinski definition) is 0. The molecule has 0 spiro atoms. The molecule has 1 aliphatic carbocycles. The molecule has 1 aliphatic rings. The van der Waals surface area contributed by atoms with E-state index in [2.05, 4.69) is 13.5 Å². The monoisotopic (exact) mass is 168 g/mol. The van der Waals surface area contributed by atoms with Crippen LogP contribution in [0.4, 0.5) is 0 Å². The zero-order valence-electron chi connectivity index (χ0n) is 9.35. The van der Waals surface area contributed by atoms with E-state index in [4.69, 9.17) is 0 Å². The summed E-state index contributed by atoms with van der Waals surface area (Å²) in [5.41, 5.74) is 1.37. The van der Waals surface area contributed by atoms with Crippen molar-refractivity contribution in [1.29, 1.82) is 0 Å². The summed E-state index contributed by atoms with van der Waals surface area (Å²) in [5, 5.41) is 0. The maximum absolute atomic E-state index is 3.82. The molecular formula is C12H24. The first kappa shape index (κ1) is 14.0. The number of allylic oxidation sites excluding steroid dienone is 3. The van der Waals surface area contributed by atoms with Gasteiger partial charge in [0.2, 0.25) is 0 Å². The fraction of sp³-hybridized carbons (Fsp3) is 0.667. The van der Waals surface area contributed by atoms with Crippen LogP contribution in [0.15, 0.2) is 24.3 Å². The van der Waals surface area contributed by atoms with Crippen molar-refractivity contribution in [3.63, 3.8) is 0 Å². The second-order valence-electron chi connectivity index (χ2n) is 2.79. The molecule has 0 N–H and O–H groups in total. The molecule has 1 saturated carbocycles. The van der Waals surface area contributed by atoms with Crippen molar-refractivity contribution < 1.29 is 0 Å². The SMILES string of the molecule is C=C(C)C1CC1.CC.CC=CC. The summed E-state index contributed by atoms with van der Waals surface area (Å²) < 4.78 is 0. The van der Waals surface area contributed by atoms with E-state index in [1.54, 1.807) is 0 Å². The topological polar surface area (TPSA) is 0 Å². The molecule has 0 aliphatic heterocycles. The largest absolute Gasteiger partial charge is 0.0999 e. The van der Waals surface area contributed by atoms with Gasteiger partial charge in [0.15, 0.2) is 0 Å². The molecular weight excluding hydrogens is 144 g/mol. The summed E-state index contributed by atoms with van der Waals surface area (Å²) in [6, 6.07) is 0. The summed E-state index contributed by atoms with van der Waals surface area (Å²) in [6.07, 6.45) is 6.80. The molecule has 0 aromatic carbocycles. The van der Waals surface area contributed by atoms with Crippen LogP contribution in [-0.4, -0.2) is 0 Å². The second-order valence-corrected chi connectivity index (χ2v) is 2.79. The average Bonchev–Trinajstić information content (AvgIpc) is 2.91. The van der Waals surface area contributed by atoms with Crippen LogP contribution in [0, 0.1) is 5.92 Å². The Morgan fingerprint density at radius 2 is 1.50 bits per heavy atom.